The number of amides is 2. The monoisotopic (exact) mass is 429 g/mol. The lowest BCUT2D eigenvalue weighted by atomic mass is 10.2. The predicted molar refractivity (Wildman–Crippen MR) is 102 cm³/mol. The van der Waals surface area contributed by atoms with Gasteiger partial charge in [-0.1, -0.05) is 0 Å². The maximum Gasteiger partial charge on any atom is 0.319 e. The Kier molecular flexibility index (Phi) is 4.93. The molecule has 1 aliphatic rings. The lowest BCUT2D eigenvalue weighted by Gasteiger charge is -2.20. The van der Waals surface area contributed by atoms with Crippen LogP contribution >= 0.6 is 15.9 Å². The predicted octanol–water partition coefficient (Wildman–Crippen LogP) is 3.12. The third kappa shape index (κ3) is 4.03. The number of hydrogen-bond donors (Lipinski definition) is 2. The van der Waals surface area contributed by atoms with Crippen LogP contribution in [0, 0.1) is 0 Å². The van der Waals surface area contributed by atoms with Crippen LogP contribution in [0.4, 0.5) is 10.5 Å². The number of fused-ring (bicyclic) bond motifs is 1. The van der Waals surface area contributed by atoms with Crippen molar-refractivity contribution in [1.82, 2.24) is 20.1 Å². The Balaban J connectivity index is 1.40. The van der Waals surface area contributed by atoms with Crippen molar-refractivity contribution in [3.05, 3.63) is 59.0 Å². The van der Waals surface area contributed by atoms with Crippen molar-refractivity contribution in [2.24, 2.45) is 0 Å². The van der Waals surface area contributed by atoms with Crippen LogP contribution in [-0.4, -0.2) is 34.0 Å². The van der Waals surface area contributed by atoms with Gasteiger partial charge in [-0.3, -0.25) is 0 Å². The first kappa shape index (κ1) is 17.3. The Labute approximate surface area is 163 Å². The summed E-state index contributed by atoms with van der Waals surface area (Å²) in [4.78, 5) is 16.5. The topological polar surface area (TPSA) is 90.3 Å². The number of anilines is 1. The normalized spacial score (nSPS) is 12.5. The van der Waals surface area contributed by atoms with Crippen LogP contribution in [0.5, 0.6) is 11.5 Å². The van der Waals surface area contributed by atoms with Gasteiger partial charge in [0.15, 0.2) is 17.3 Å². The molecule has 27 heavy (non-hydrogen) atoms. The molecule has 0 radical (unpaired) electrons. The molecule has 2 amide bonds. The highest BCUT2D eigenvalue weighted by atomic mass is 79.9. The van der Waals surface area contributed by atoms with E-state index >= 15 is 0 Å². The van der Waals surface area contributed by atoms with Gasteiger partial charge in [0.25, 0.3) is 0 Å². The van der Waals surface area contributed by atoms with Gasteiger partial charge in [-0.25, -0.2) is 14.5 Å². The number of halogens is 1. The number of ether oxygens (including phenoxy) is 2. The molecule has 0 spiro atoms. The Morgan fingerprint density at radius 1 is 1.19 bits per heavy atom. The number of rotatable bonds is 4. The van der Waals surface area contributed by atoms with Gasteiger partial charge >= 0.3 is 6.03 Å². The van der Waals surface area contributed by atoms with Gasteiger partial charge in [-0.05, 0) is 39.7 Å². The Bertz CT molecular complexity index is 962. The summed E-state index contributed by atoms with van der Waals surface area (Å²) in [5.74, 6) is 1.95. The zero-order chi connectivity index (χ0) is 18.6. The summed E-state index contributed by atoms with van der Waals surface area (Å²) in [7, 11) is 0. The molecule has 1 aromatic carbocycles. The largest absolute Gasteiger partial charge is 0.486 e. The standard InChI is InChI=1S/C18H16BrN5O3/c19-13-9-15-16(27-7-6-26-15)10-14(13)23-18(25)21-11-12-2-4-20-17(8-12)24-5-1-3-22-24/h1-5,8-10H,6-7,11H2,(H2,21,23,25). The van der Waals surface area contributed by atoms with E-state index in [-0.39, 0.29) is 6.03 Å². The maximum atomic E-state index is 12.3. The van der Waals surface area contributed by atoms with Crippen molar-refractivity contribution in [3.63, 3.8) is 0 Å². The van der Waals surface area contributed by atoms with Crippen molar-refractivity contribution in [2.45, 2.75) is 6.54 Å². The van der Waals surface area contributed by atoms with Crippen molar-refractivity contribution in [1.29, 1.82) is 0 Å². The third-order valence-electron chi connectivity index (χ3n) is 3.88. The number of aromatic nitrogens is 3. The highest BCUT2D eigenvalue weighted by Crippen LogP contribution is 2.38. The molecular weight excluding hydrogens is 414 g/mol. The van der Waals surface area contributed by atoms with Gasteiger partial charge < -0.3 is 20.1 Å². The first-order valence-electron chi connectivity index (χ1n) is 8.28. The lowest BCUT2D eigenvalue weighted by molar-refractivity contribution is 0.171. The third-order valence-corrected chi connectivity index (χ3v) is 4.54. The Morgan fingerprint density at radius 3 is 2.78 bits per heavy atom. The summed E-state index contributed by atoms with van der Waals surface area (Å²) in [6, 6.07) is 8.72. The van der Waals surface area contributed by atoms with Gasteiger partial charge in [-0.2, -0.15) is 5.10 Å². The summed E-state index contributed by atoms with van der Waals surface area (Å²) >= 11 is 3.44. The van der Waals surface area contributed by atoms with E-state index in [1.807, 2.05) is 24.4 Å². The lowest BCUT2D eigenvalue weighted by Crippen LogP contribution is -2.28. The fourth-order valence-electron chi connectivity index (χ4n) is 2.61. The number of nitrogens with zero attached hydrogens (tertiary/aromatic N) is 3. The van der Waals surface area contributed by atoms with Crippen LogP contribution in [0.2, 0.25) is 0 Å². The molecule has 0 saturated heterocycles. The zero-order valence-electron chi connectivity index (χ0n) is 14.2. The van der Waals surface area contributed by atoms with Gasteiger partial charge in [0.05, 0.1) is 5.69 Å². The van der Waals surface area contributed by atoms with E-state index in [1.54, 1.807) is 29.2 Å². The highest BCUT2D eigenvalue weighted by Gasteiger charge is 2.16. The SMILES string of the molecule is O=C(NCc1ccnc(-n2cccn2)c1)Nc1cc2c(cc1Br)OCCO2. The molecular formula is C18H16BrN5O3. The van der Waals surface area contributed by atoms with E-state index in [4.69, 9.17) is 9.47 Å². The smallest absolute Gasteiger partial charge is 0.319 e. The van der Waals surface area contributed by atoms with E-state index in [0.717, 1.165) is 5.56 Å². The molecule has 2 aromatic heterocycles. The second kappa shape index (κ2) is 7.67. The Morgan fingerprint density at radius 2 is 2.00 bits per heavy atom. The zero-order valence-corrected chi connectivity index (χ0v) is 15.8. The van der Waals surface area contributed by atoms with E-state index in [2.05, 4.69) is 36.6 Å². The van der Waals surface area contributed by atoms with Gasteiger partial charge in [-0.15, -0.1) is 0 Å². The van der Waals surface area contributed by atoms with Gasteiger partial charge in [0.1, 0.15) is 13.2 Å². The summed E-state index contributed by atoms with van der Waals surface area (Å²) in [5, 5.41) is 9.78. The van der Waals surface area contributed by atoms with E-state index in [0.29, 0.717) is 47.2 Å². The average molecular weight is 430 g/mol. The van der Waals surface area contributed by atoms with Crippen LogP contribution in [0.3, 0.4) is 0 Å². The Hall–Kier alpha value is -3.07. The first-order valence-corrected chi connectivity index (χ1v) is 9.07. The van der Waals surface area contributed by atoms with E-state index < -0.39 is 0 Å². The average Bonchev–Trinajstić information content (AvgIpc) is 3.22. The fourth-order valence-corrected chi connectivity index (χ4v) is 3.03. The summed E-state index contributed by atoms with van der Waals surface area (Å²) in [6.07, 6.45) is 5.18. The van der Waals surface area contributed by atoms with Crippen molar-refractivity contribution >= 4 is 27.6 Å². The molecule has 0 bridgehead atoms. The molecule has 9 heteroatoms. The van der Waals surface area contributed by atoms with Crippen LogP contribution in [0.15, 0.2) is 53.4 Å². The summed E-state index contributed by atoms with van der Waals surface area (Å²) in [6.45, 7) is 1.35. The molecule has 8 nitrogen and oxygen atoms in total. The minimum atomic E-state index is -0.329. The van der Waals surface area contributed by atoms with E-state index in [1.165, 1.54) is 0 Å². The molecule has 138 valence electrons. The number of nitrogens with one attached hydrogen (secondary N) is 2. The summed E-state index contributed by atoms with van der Waals surface area (Å²) in [5.41, 5.74) is 1.51. The number of benzene rings is 1. The molecule has 1 aliphatic heterocycles. The van der Waals surface area contributed by atoms with Crippen molar-refractivity contribution in [3.8, 4) is 17.3 Å². The second-order valence-corrected chi connectivity index (χ2v) is 6.61. The van der Waals surface area contributed by atoms with Crippen LogP contribution in [0.1, 0.15) is 5.56 Å². The van der Waals surface area contributed by atoms with Crippen LogP contribution < -0.4 is 20.1 Å². The highest BCUT2D eigenvalue weighted by molar-refractivity contribution is 9.10. The van der Waals surface area contributed by atoms with Crippen LogP contribution in [0.25, 0.3) is 5.82 Å². The number of hydrogen-bond acceptors (Lipinski definition) is 5. The quantitative estimate of drug-likeness (QED) is 0.664. The second-order valence-electron chi connectivity index (χ2n) is 5.76. The molecule has 0 fully saturated rings. The first-order chi connectivity index (χ1) is 13.2. The number of urea groups is 1. The molecule has 0 aliphatic carbocycles. The minimum Gasteiger partial charge on any atom is -0.486 e. The molecule has 0 unspecified atom stereocenters. The van der Waals surface area contributed by atoms with Gasteiger partial charge in [0.2, 0.25) is 0 Å². The molecule has 0 saturated carbocycles. The number of pyridine rings is 1. The molecule has 3 heterocycles. The summed E-state index contributed by atoms with van der Waals surface area (Å²) < 4.78 is 13.4. The van der Waals surface area contributed by atoms with Gasteiger partial charge in [0, 0.05) is 41.7 Å². The maximum absolute atomic E-state index is 12.3. The van der Waals surface area contributed by atoms with Crippen LogP contribution in [-0.2, 0) is 6.54 Å². The van der Waals surface area contributed by atoms with Crippen molar-refractivity contribution < 1.29 is 14.3 Å². The van der Waals surface area contributed by atoms with Crippen molar-refractivity contribution in [2.75, 3.05) is 18.5 Å². The number of carbonyl (C=O) groups excluding carboxylic acids is 1. The molecule has 0 atom stereocenters. The number of carbonyl (C=O) groups is 1. The minimum absolute atomic E-state index is 0.329. The molecule has 3 aromatic rings. The fraction of sp³-hybridized carbons (Fsp3) is 0.167. The molecule has 4 rings (SSSR count). The van der Waals surface area contributed by atoms with E-state index in [9.17, 15) is 4.79 Å². The molecule has 2 N–H and O–H groups in total.